The number of piperidine rings is 1. The molecule has 1 aliphatic heterocycles. The Morgan fingerprint density at radius 2 is 2.11 bits per heavy atom. The summed E-state index contributed by atoms with van der Waals surface area (Å²) in [5.74, 6) is 0.558. The van der Waals surface area contributed by atoms with Gasteiger partial charge in [-0.2, -0.15) is 0 Å². The SMILES string of the molecule is CC(O)N1CCC(c2c[nH]c3ccc(Cl)cc23)CC1. The summed E-state index contributed by atoms with van der Waals surface area (Å²) in [4.78, 5) is 5.45. The van der Waals surface area contributed by atoms with E-state index in [1.54, 1.807) is 0 Å². The van der Waals surface area contributed by atoms with Crippen LogP contribution in [0, 0.1) is 0 Å². The summed E-state index contributed by atoms with van der Waals surface area (Å²) in [6.07, 6.45) is 3.96. The van der Waals surface area contributed by atoms with Crippen molar-refractivity contribution >= 4 is 22.5 Å². The zero-order valence-electron chi connectivity index (χ0n) is 11.1. The molecule has 0 spiro atoms. The van der Waals surface area contributed by atoms with E-state index in [1.807, 2.05) is 25.1 Å². The maximum Gasteiger partial charge on any atom is 0.104 e. The van der Waals surface area contributed by atoms with Gasteiger partial charge in [-0.15, -0.1) is 0 Å². The van der Waals surface area contributed by atoms with Gasteiger partial charge in [-0.1, -0.05) is 11.6 Å². The lowest BCUT2D eigenvalue weighted by atomic mass is 9.89. The van der Waals surface area contributed by atoms with Crippen molar-refractivity contribution in [1.82, 2.24) is 9.88 Å². The molecule has 0 amide bonds. The quantitative estimate of drug-likeness (QED) is 0.884. The number of hydrogen-bond acceptors (Lipinski definition) is 2. The number of aliphatic hydroxyl groups excluding tert-OH is 1. The number of aromatic nitrogens is 1. The summed E-state index contributed by atoms with van der Waals surface area (Å²) in [6, 6.07) is 6.00. The molecule has 3 nitrogen and oxygen atoms in total. The molecule has 1 aliphatic rings. The molecule has 19 heavy (non-hydrogen) atoms. The molecule has 3 rings (SSSR count). The van der Waals surface area contributed by atoms with Crippen LogP contribution in [0.2, 0.25) is 5.02 Å². The van der Waals surface area contributed by atoms with Gasteiger partial charge in [0.05, 0.1) is 0 Å². The maximum absolute atomic E-state index is 9.60. The van der Waals surface area contributed by atoms with Crippen molar-refractivity contribution in [3.63, 3.8) is 0 Å². The van der Waals surface area contributed by atoms with Crippen LogP contribution in [0.3, 0.4) is 0 Å². The predicted octanol–water partition coefficient (Wildman–Crippen LogP) is 3.34. The largest absolute Gasteiger partial charge is 0.379 e. The Kier molecular flexibility index (Phi) is 3.52. The first-order chi connectivity index (χ1) is 9.15. The fraction of sp³-hybridized carbons (Fsp3) is 0.467. The average Bonchev–Trinajstić information content (AvgIpc) is 2.81. The summed E-state index contributed by atoms with van der Waals surface area (Å²) in [6.45, 7) is 3.75. The van der Waals surface area contributed by atoms with Gasteiger partial charge in [0.2, 0.25) is 0 Å². The number of halogens is 1. The van der Waals surface area contributed by atoms with E-state index in [0.717, 1.165) is 36.5 Å². The highest BCUT2D eigenvalue weighted by Gasteiger charge is 2.24. The number of fused-ring (bicyclic) bond motifs is 1. The minimum absolute atomic E-state index is 0.335. The molecule has 0 bridgehead atoms. The highest BCUT2D eigenvalue weighted by molar-refractivity contribution is 6.31. The Balaban J connectivity index is 1.84. The van der Waals surface area contributed by atoms with Crippen LogP contribution in [0.25, 0.3) is 10.9 Å². The van der Waals surface area contributed by atoms with Crippen LogP contribution >= 0.6 is 11.6 Å². The lowest BCUT2D eigenvalue weighted by molar-refractivity contribution is 0.00314. The number of rotatable bonds is 2. The Labute approximate surface area is 118 Å². The second-order valence-corrected chi connectivity index (χ2v) is 5.81. The summed E-state index contributed by atoms with van der Waals surface area (Å²) in [7, 11) is 0. The topological polar surface area (TPSA) is 39.3 Å². The van der Waals surface area contributed by atoms with Crippen LogP contribution in [-0.4, -0.2) is 34.3 Å². The molecule has 1 aromatic heterocycles. The first-order valence-corrected chi connectivity index (χ1v) is 7.21. The zero-order chi connectivity index (χ0) is 13.4. The molecule has 1 fully saturated rings. The van der Waals surface area contributed by atoms with Gasteiger partial charge in [0.25, 0.3) is 0 Å². The molecule has 2 N–H and O–H groups in total. The minimum atomic E-state index is -0.335. The smallest absolute Gasteiger partial charge is 0.104 e. The third-order valence-corrected chi connectivity index (χ3v) is 4.41. The fourth-order valence-corrected chi connectivity index (χ4v) is 3.21. The molecule has 1 unspecified atom stereocenters. The third-order valence-electron chi connectivity index (χ3n) is 4.17. The monoisotopic (exact) mass is 278 g/mol. The van der Waals surface area contributed by atoms with Crippen molar-refractivity contribution in [3.8, 4) is 0 Å². The Bertz CT molecular complexity index is 571. The first-order valence-electron chi connectivity index (χ1n) is 6.84. The first kappa shape index (κ1) is 13.0. The maximum atomic E-state index is 9.60. The van der Waals surface area contributed by atoms with E-state index in [9.17, 15) is 5.11 Å². The molecule has 102 valence electrons. The molecule has 0 saturated carbocycles. The van der Waals surface area contributed by atoms with Crippen molar-refractivity contribution in [3.05, 3.63) is 35.0 Å². The van der Waals surface area contributed by atoms with Crippen molar-refractivity contribution in [2.45, 2.75) is 31.9 Å². The standard InChI is InChI=1S/C15H19ClN2O/c1-10(19)18-6-4-11(5-7-18)14-9-17-15-3-2-12(16)8-13(14)15/h2-3,8-11,17,19H,4-7H2,1H3. The Hall–Kier alpha value is -1.03. The third kappa shape index (κ3) is 2.50. The zero-order valence-corrected chi connectivity index (χ0v) is 11.8. The number of benzene rings is 1. The van der Waals surface area contributed by atoms with E-state index in [2.05, 4.69) is 16.1 Å². The van der Waals surface area contributed by atoms with Crippen LogP contribution < -0.4 is 0 Å². The lowest BCUT2D eigenvalue weighted by Gasteiger charge is -2.33. The molecule has 1 aromatic carbocycles. The van der Waals surface area contributed by atoms with E-state index in [1.165, 1.54) is 10.9 Å². The van der Waals surface area contributed by atoms with Crippen molar-refractivity contribution in [1.29, 1.82) is 0 Å². The second-order valence-electron chi connectivity index (χ2n) is 5.38. The van der Waals surface area contributed by atoms with Gasteiger partial charge in [0.15, 0.2) is 0 Å². The average molecular weight is 279 g/mol. The van der Waals surface area contributed by atoms with Crippen LogP contribution in [-0.2, 0) is 0 Å². The summed E-state index contributed by atoms with van der Waals surface area (Å²) < 4.78 is 0. The van der Waals surface area contributed by atoms with Gasteiger partial charge in [-0.3, -0.25) is 4.90 Å². The van der Waals surface area contributed by atoms with Crippen molar-refractivity contribution in [2.24, 2.45) is 0 Å². The summed E-state index contributed by atoms with van der Waals surface area (Å²) >= 11 is 6.10. The number of likely N-dealkylation sites (tertiary alicyclic amines) is 1. The van der Waals surface area contributed by atoms with Gasteiger partial charge in [-0.05, 0) is 49.4 Å². The van der Waals surface area contributed by atoms with Gasteiger partial charge in [-0.25, -0.2) is 0 Å². The van der Waals surface area contributed by atoms with Crippen LogP contribution in [0.15, 0.2) is 24.4 Å². The number of nitrogens with one attached hydrogen (secondary N) is 1. The van der Waals surface area contributed by atoms with Gasteiger partial charge in [0.1, 0.15) is 6.23 Å². The van der Waals surface area contributed by atoms with Crippen LogP contribution in [0.5, 0.6) is 0 Å². The fourth-order valence-electron chi connectivity index (χ4n) is 3.04. The molecular formula is C15H19ClN2O. The predicted molar refractivity (Wildman–Crippen MR) is 78.5 cm³/mol. The molecule has 2 aromatic rings. The van der Waals surface area contributed by atoms with Crippen molar-refractivity contribution in [2.75, 3.05) is 13.1 Å². The highest BCUT2D eigenvalue weighted by atomic mass is 35.5. The summed E-state index contributed by atoms with van der Waals surface area (Å²) in [5.41, 5.74) is 2.51. The van der Waals surface area contributed by atoms with Crippen LogP contribution in [0.1, 0.15) is 31.2 Å². The number of aliphatic hydroxyl groups is 1. The van der Waals surface area contributed by atoms with E-state index in [4.69, 9.17) is 11.6 Å². The normalized spacial score (nSPS) is 19.9. The number of hydrogen-bond donors (Lipinski definition) is 2. The number of H-pyrrole nitrogens is 1. The Morgan fingerprint density at radius 1 is 1.37 bits per heavy atom. The lowest BCUT2D eigenvalue weighted by Crippen LogP contribution is -2.39. The minimum Gasteiger partial charge on any atom is -0.379 e. The highest BCUT2D eigenvalue weighted by Crippen LogP contribution is 2.34. The molecular weight excluding hydrogens is 260 g/mol. The second kappa shape index (κ2) is 5.16. The molecule has 0 radical (unpaired) electrons. The van der Waals surface area contributed by atoms with E-state index in [0.29, 0.717) is 5.92 Å². The molecule has 2 heterocycles. The van der Waals surface area contributed by atoms with Crippen molar-refractivity contribution < 1.29 is 5.11 Å². The van der Waals surface area contributed by atoms with Crippen LogP contribution in [0.4, 0.5) is 0 Å². The van der Waals surface area contributed by atoms with E-state index >= 15 is 0 Å². The van der Waals surface area contributed by atoms with Gasteiger partial charge in [0, 0.05) is 35.2 Å². The number of nitrogens with zero attached hydrogens (tertiary/aromatic N) is 1. The molecule has 1 atom stereocenters. The van der Waals surface area contributed by atoms with Gasteiger partial charge < -0.3 is 10.1 Å². The number of aromatic amines is 1. The summed E-state index contributed by atoms with van der Waals surface area (Å²) in [5, 5.41) is 11.6. The Morgan fingerprint density at radius 3 is 2.79 bits per heavy atom. The van der Waals surface area contributed by atoms with Gasteiger partial charge >= 0.3 is 0 Å². The van der Waals surface area contributed by atoms with E-state index in [-0.39, 0.29) is 6.23 Å². The van der Waals surface area contributed by atoms with E-state index < -0.39 is 0 Å². The molecule has 0 aliphatic carbocycles. The molecule has 4 heteroatoms. The molecule has 1 saturated heterocycles.